The van der Waals surface area contributed by atoms with Crippen LogP contribution in [0.4, 0.5) is 4.39 Å². The van der Waals surface area contributed by atoms with Crippen molar-refractivity contribution in [3.05, 3.63) is 35.6 Å². The Morgan fingerprint density at radius 1 is 1.42 bits per heavy atom. The Morgan fingerprint density at radius 3 is 2.42 bits per heavy atom. The molecule has 3 nitrogen and oxygen atoms in total. The van der Waals surface area contributed by atoms with E-state index in [4.69, 9.17) is 10.5 Å². The molecule has 0 heterocycles. The van der Waals surface area contributed by atoms with Gasteiger partial charge >= 0.3 is 0 Å². The SMILES string of the molecule is N#C/C(=N\O)c1ccc(F)cc1. The largest absolute Gasteiger partial charge is 0.410 e. The molecule has 1 N–H and O–H groups in total. The molecule has 0 aromatic heterocycles. The first kappa shape index (κ1) is 8.21. The van der Waals surface area contributed by atoms with E-state index >= 15 is 0 Å². The standard InChI is InChI=1S/C8H5FN2O/c9-7-3-1-6(2-4-7)8(5-10)11-12/h1-4,12H/b11-8+. The lowest BCUT2D eigenvalue weighted by Gasteiger charge is -1.93. The Bertz CT molecular complexity index is 337. The number of oxime groups is 1. The minimum atomic E-state index is -0.394. The van der Waals surface area contributed by atoms with Crippen LogP contribution in [0.2, 0.25) is 0 Å². The third kappa shape index (κ3) is 1.58. The van der Waals surface area contributed by atoms with Crippen molar-refractivity contribution in [2.24, 2.45) is 5.16 Å². The van der Waals surface area contributed by atoms with Crippen molar-refractivity contribution in [3.63, 3.8) is 0 Å². The molecule has 0 spiro atoms. The van der Waals surface area contributed by atoms with E-state index in [2.05, 4.69) is 5.16 Å². The van der Waals surface area contributed by atoms with Crippen molar-refractivity contribution in [3.8, 4) is 6.07 Å². The summed E-state index contributed by atoms with van der Waals surface area (Å²) in [7, 11) is 0. The molecular weight excluding hydrogens is 159 g/mol. The quantitative estimate of drug-likeness (QED) is 0.388. The van der Waals surface area contributed by atoms with Crippen LogP contribution in [-0.2, 0) is 0 Å². The molecule has 0 amide bonds. The van der Waals surface area contributed by atoms with Crippen LogP contribution >= 0.6 is 0 Å². The predicted octanol–water partition coefficient (Wildman–Crippen LogP) is 1.53. The molecule has 0 saturated carbocycles. The first-order valence-corrected chi connectivity index (χ1v) is 3.16. The van der Waals surface area contributed by atoms with Gasteiger partial charge in [0.05, 0.1) is 0 Å². The van der Waals surface area contributed by atoms with Crippen LogP contribution in [-0.4, -0.2) is 10.9 Å². The predicted molar refractivity (Wildman–Crippen MR) is 40.3 cm³/mol. The van der Waals surface area contributed by atoms with Crippen LogP contribution in [0.1, 0.15) is 5.56 Å². The van der Waals surface area contributed by atoms with Crippen molar-refractivity contribution in [2.45, 2.75) is 0 Å². The number of nitriles is 1. The number of hydrogen-bond donors (Lipinski definition) is 1. The van der Waals surface area contributed by atoms with Crippen molar-refractivity contribution >= 4 is 5.71 Å². The minimum Gasteiger partial charge on any atom is -0.410 e. The lowest BCUT2D eigenvalue weighted by atomic mass is 10.1. The van der Waals surface area contributed by atoms with Gasteiger partial charge < -0.3 is 5.21 Å². The fourth-order valence-corrected chi connectivity index (χ4v) is 0.752. The van der Waals surface area contributed by atoms with Crippen LogP contribution < -0.4 is 0 Å². The highest BCUT2D eigenvalue weighted by Gasteiger charge is 2.01. The molecule has 0 atom stereocenters. The molecule has 0 unspecified atom stereocenters. The summed E-state index contributed by atoms with van der Waals surface area (Å²) < 4.78 is 12.4. The van der Waals surface area contributed by atoms with E-state index in [0.29, 0.717) is 5.56 Å². The van der Waals surface area contributed by atoms with Gasteiger partial charge in [0.1, 0.15) is 11.9 Å². The third-order valence-corrected chi connectivity index (χ3v) is 1.32. The Balaban J connectivity index is 3.06. The number of nitrogens with zero attached hydrogens (tertiary/aromatic N) is 2. The van der Waals surface area contributed by atoms with Crippen molar-refractivity contribution in [1.82, 2.24) is 0 Å². The summed E-state index contributed by atoms with van der Waals surface area (Å²) >= 11 is 0. The summed E-state index contributed by atoms with van der Waals surface area (Å²) in [5.41, 5.74) is 0.261. The molecule has 60 valence electrons. The number of benzene rings is 1. The van der Waals surface area contributed by atoms with Crippen LogP contribution in [0.25, 0.3) is 0 Å². The summed E-state index contributed by atoms with van der Waals surface area (Å²) in [6.07, 6.45) is 0. The van der Waals surface area contributed by atoms with E-state index in [0.717, 1.165) is 0 Å². The second kappa shape index (κ2) is 3.49. The summed E-state index contributed by atoms with van der Waals surface area (Å²) in [4.78, 5) is 0. The maximum Gasteiger partial charge on any atom is 0.186 e. The molecule has 0 aliphatic carbocycles. The summed E-state index contributed by atoms with van der Waals surface area (Å²) in [6, 6.07) is 6.79. The molecule has 0 bridgehead atoms. The van der Waals surface area contributed by atoms with Gasteiger partial charge in [-0.15, -0.1) is 0 Å². The second-order valence-electron chi connectivity index (χ2n) is 2.07. The Morgan fingerprint density at radius 2 is 2.00 bits per heavy atom. The first-order chi connectivity index (χ1) is 5.77. The van der Waals surface area contributed by atoms with Crippen molar-refractivity contribution < 1.29 is 9.60 Å². The highest BCUT2D eigenvalue weighted by Crippen LogP contribution is 2.03. The Kier molecular flexibility index (Phi) is 2.38. The minimum absolute atomic E-state index is 0.130. The summed E-state index contributed by atoms with van der Waals surface area (Å²) in [5.74, 6) is -0.394. The van der Waals surface area contributed by atoms with Gasteiger partial charge in [0, 0.05) is 5.56 Å². The van der Waals surface area contributed by atoms with Crippen LogP contribution in [0.15, 0.2) is 29.4 Å². The zero-order chi connectivity index (χ0) is 8.97. The van der Waals surface area contributed by atoms with Gasteiger partial charge in [0.2, 0.25) is 0 Å². The number of rotatable bonds is 1. The van der Waals surface area contributed by atoms with Gasteiger partial charge in [-0.25, -0.2) is 4.39 Å². The van der Waals surface area contributed by atoms with Gasteiger partial charge in [-0.3, -0.25) is 0 Å². The molecule has 1 aromatic carbocycles. The molecule has 0 saturated heterocycles. The average Bonchev–Trinajstić information content (AvgIpc) is 2.10. The maximum absolute atomic E-state index is 12.4. The van der Waals surface area contributed by atoms with Crippen LogP contribution in [0.3, 0.4) is 0 Å². The van der Waals surface area contributed by atoms with E-state index < -0.39 is 5.82 Å². The fourth-order valence-electron chi connectivity index (χ4n) is 0.752. The second-order valence-corrected chi connectivity index (χ2v) is 2.07. The van der Waals surface area contributed by atoms with Crippen LogP contribution in [0.5, 0.6) is 0 Å². The normalized spacial score (nSPS) is 10.8. The summed E-state index contributed by atoms with van der Waals surface area (Å²) in [5, 5.41) is 19.5. The monoisotopic (exact) mass is 164 g/mol. The Hall–Kier alpha value is -1.89. The smallest absolute Gasteiger partial charge is 0.186 e. The van der Waals surface area contributed by atoms with E-state index in [1.807, 2.05) is 0 Å². The molecular formula is C8H5FN2O. The summed E-state index contributed by atoms with van der Waals surface area (Å²) in [6.45, 7) is 0. The lowest BCUT2D eigenvalue weighted by Crippen LogP contribution is -1.96. The van der Waals surface area contributed by atoms with Gasteiger partial charge in [0.25, 0.3) is 0 Å². The Labute approximate surface area is 68.4 Å². The average molecular weight is 164 g/mol. The molecule has 0 aliphatic rings. The lowest BCUT2D eigenvalue weighted by molar-refractivity contribution is 0.320. The molecule has 0 aliphatic heterocycles. The van der Waals surface area contributed by atoms with E-state index in [1.165, 1.54) is 24.3 Å². The molecule has 1 aromatic rings. The van der Waals surface area contributed by atoms with E-state index in [-0.39, 0.29) is 5.71 Å². The van der Waals surface area contributed by atoms with Crippen molar-refractivity contribution in [2.75, 3.05) is 0 Å². The van der Waals surface area contributed by atoms with Gasteiger partial charge in [0.15, 0.2) is 5.71 Å². The van der Waals surface area contributed by atoms with Crippen molar-refractivity contribution in [1.29, 1.82) is 5.26 Å². The first-order valence-electron chi connectivity index (χ1n) is 3.16. The highest BCUT2D eigenvalue weighted by atomic mass is 19.1. The molecule has 0 fully saturated rings. The zero-order valence-electron chi connectivity index (χ0n) is 6.03. The topological polar surface area (TPSA) is 56.4 Å². The highest BCUT2D eigenvalue weighted by molar-refractivity contribution is 6.11. The van der Waals surface area contributed by atoms with Crippen LogP contribution in [0, 0.1) is 17.1 Å². The number of halogens is 1. The molecule has 0 radical (unpaired) electrons. The molecule has 4 heteroatoms. The van der Waals surface area contributed by atoms with E-state index in [9.17, 15) is 4.39 Å². The van der Waals surface area contributed by atoms with Gasteiger partial charge in [-0.1, -0.05) is 5.16 Å². The number of hydrogen-bond acceptors (Lipinski definition) is 3. The molecule has 12 heavy (non-hydrogen) atoms. The fraction of sp³-hybridized carbons (Fsp3) is 0. The zero-order valence-corrected chi connectivity index (χ0v) is 6.03. The van der Waals surface area contributed by atoms with Gasteiger partial charge in [-0.05, 0) is 24.3 Å². The van der Waals surface area contributed by atoms with E-state index in [1.54, 1.807) is 6.07 Å². The third-order valence-electron chi connectivity index (χ3n) is 1.32. The molecule has 1 rings (SSSR count). The van der Waals surface area contributed by atoms with Gasteiger partial charge in [-0.2, -0.15) is 5.26 Å². The maximum atomic E-state index is 12.4.